The Kier molecular flexibility index (Phi) is 8.63. The molecular formula is C15H32N4. The van der Waals surface area contributed by atoms with Crippen molar-refractivity contribution in [2.24, 2.45) is 4.99 Å². The van der Waals surface area contributed by atoms with Gasteiger partial charge in [0.25, 0.3) is 0 Å². The molecule has 0 amide bonds. The Labute approximate surface area is 119 Å². The number of nitrogens with zero attached hydrogens (tertiary/aromatic N) is 2. The van der Waals surface area contributed by atoms with Crippen LogP contribution in [0.3, 0.4) is 0 Å². The van der Waals surface area contributed by atoms with E-state index in [9.17, 15) is 0 Å². The predicted octanol–water partition coefficient (Wildman–Crippen LogP) is 2.22. The normalized spacial score (nSPS) is 17.8. The maximum atomic E-state index is 4.52. The number of nitrogens with one attached hydrogen (secondary N) is 2. The monoisotopic (exact) mass is 268 g/mol. The van der Waals surface area contributed by atoms with E-state index >= 15 is 0 Å². The first-order chi connectivity index (χ1) is 9.27. The van der Waals surface area contributed by atoms with Crippen LogP contribution in [0.15, 0.2) is 4.99 Å². The summed E-state index contributed by atoms with van der Waals surface area (Å²) in [6.45, 7) is 8.16. The van der Waals surface area contributed by atoms with Crippen LogP contribution < -0.4 is 10.6 Å². The maximum Gasteiger partial charge on any atom is 0.191 e. The van der Waals surface area contributed by atoms with Gasteiger partial charge in [-0.3, -0.25) is 4.99 Å². The molecule has 0 aromatic heterocycles. The van der Waals surface area contributed by atoms with Crippen molar-refractivity contribution in [1.82, 2.24) is 15.5 Å². The molecule has 0 spiro atoms. The van der Waals surface area contributed by atoms with E-state index in [0.29, 0.717) is 0 Å². The Morgan fingerprint density at radius 2 is 1.89 bits per heavy atom. The van der Waals surface area contributed by atoms with Crippen molar-refractivity contribution in [2.75, 3.05) is 33.2 Å². The summed E-state index contributed by atoms with van der Waals surface area (Å²) < 4.78 is 0. The molecule has 0 bridgehead atoms. The van der Waals surface area contributed by atoms with Crippen LogP contribution in [0.25, 0.3) is 0 Å². The van der Waals surface area contributed by atoms with Gasteiger partial charge in [0.1, 0.15) is 0 Å². The van der Waals surface area contributed by atoms with Crippen LogP contribution in [-0.4, -0.2) is 50.1 Å². The molecule has 19 heavy (non-hydrogen) atoms. The molecule has 4 heteroatoms. The van der Waals surface area contributed by atoms with E-state index in [2.05, 4.69) is 41.4 Å². The van der Waals surface area contributed by atoms with Gasteiger partial charge in [-0.1, -0.05) is 26.2 Å². The molecule has 0 atom stereocenters. The average Bonchev–Trinajstić information content (AvgIpc) is 2.45. The van der Waals surface area contributed by atoms with Gasteiger partial charge in [-0.25, -0.2) is 0 Å². The van der Waals surface area contributed by atoms with Crippen molar-refractivity contribution >= 4 is 5.96 Å². The van der Waals surface area contributed by atoms with Gasteiger partial charge < -0.3 is 15.5 Å². The third-order valence-corrected chi connectivity index (χ3v) is 3.79. The molecule has 1 saturated carbocycles. The molecule has 0 radical (unpaired) electrons. The number of likely N-dealkylation sites (N-methyl/N-ethyl adjacent to an activating group) is 1. The molecule has 112 valence electrons. The topological polar surface area (TPSA) is 39.7 Å². The third kappa shape index (κ3) is 6.81. The molecule has 0 aromatic carbocycles. The highest BCUT2D eigenvalue weighted by Gasteiger charge is 2.17. The number of hydrogen-bond donors (Lipinski definition) is 2. The van der Waals surface area contributed by atoms with Crippen molar-refractivity contribution in [1.29, 1.82) is 0 Å². The van der Waals surface area contributed by atoms with E-state index in [4.69, 9.17) is 0 Å². The average molecular weight is 268 g/mol. The summed E-state index contributed by atoms with van der Waals surface area (Å²) >= 11 is 0. The largest absolute Gasteiger partial charge is 0.357 e. The Hall–Kier alpha value is -0.770. The first kappa shape index (κ1) is 16.3. The van der Waals surface area contributed by atoms with Gasteiger partial charge in [-0.15, -0.1) is 0 Å². The van der Waals surface area contributed by atoms with Gasteiger partial charge in [-0.2, -0.15) is 0 Å². The minimum absolute atomic E-state index is 0.797. The zero-order chi connectivity index (χ0) is 13.9. The SMILES string of the molecule is CCCN=C(NCC)NCCN(C)C1CCCCC1. The number of hydrogen-bond acceptors (Lipinski definition) is 2. The van der Waals surface area contributed by atoms with Crippen LogP contribution >= 0.6 is 0 Å². The molecule has 0 heterocycles. The molecule has 1 aliphatic carbocycles. The molecule has 1 rings (SSSR count). The summed E-state index contributed by atoms with van der Waals surface area (Å²) in [5.74, 6) is 0.960. The van der Waals surface area contributed by atoms with Crippen LogP contribution in [0.4, 0.5) is 0 Å². The molecule has 2 N–H and O–H groups in total. The lowest BCUT2D eigenvalue weighted by Crippen LogP contribution is -2.43. The van der Waals surface area contributed by atoms with Crippen LogP contribution in [0.2, 0.25) is 0 Å². The Balaban J connectivity index is 2.22. The highest BCUT2D eigenvalue weighted by atomic mass is 15.2. The van der Waals surface area contributed by atoms with Gasteiger partial charge in [-0.05, 0) is 33.2 Å². The quantitative estimate of drug-likeness (QED) is 0.549. The highest BCUT2D eigenvalue weighted by molar-refractivity contribution is 5.79. The van der Waals surface area contributed by atoms with Gasteiger partial charge >= 0.3 is 0 Å². The summed E-state index contributed by atoms with van der Waals surface area (Å²) in [4.78, 5) is 7.03. The van der Waals surface area contributed by atoms with Crippen LogP contribution in [-0.2, 0) is 0 Å². The molecular weight excluding hydrogens is 236 g/mol. The number of aliphatic imine (C=N–C) groups is 1. The van der Waals surface area contributed by atoms with Crippen molar-refractivity contribution < 1.29 is 0 Å². The van der Waals surface area contributed by atoms with Gasteiger partial charge in [0.05, 0.1) is 0 Å². The van der Waals surface area contributed by atoms with E-state index in [1.54, 1.807) is 0 Å². The lowest BCUT2D eigenvalue weighted by molar-refractivity contribution is 0.194. The van der Waals surface area contributed by atoms with E-state index in [1.165, 1.54) is 32.1 Å². The summed E-state index contributed by atoms with van der Waals surface area (Å²) in [6.07, 6.45) is 8.09. The van der Waals surface area contributed by atoms with Crippen LogP contribution in [0.1, 0.15) is 52.4 Å². The first-order valence-electron chi connectivity index (χ1n) is 8.00. The molecule has 0 aromatic rings. The Morgan fingerprint density at radius 1 is 1.16 bits per heavy atom. The molecule has 0 aliphatic heterocycles. The van der Waals surface area contributed by atoms with Crippen LogP contribution in [0.5, 0.6) is 0 Å². The van der Waals surface area contributed by atoms with Gasteiger partial charge in [0.2, 0.25) is 0 Å². The number of guanidine groups is 1. The lowest BCUT2D eigenvalue weighted by Gasteiger charge is -2.31. The minimum Gasteiger partial charge on any atom is -0.357 e. The zero-order valence-electron chi connectivity index (χ0n) is 13.0. The molecule has 1 aliphatic rings. The molecule has 0 unspecified atom stereocenters. The smallest absolute Gasteiger partial charge is 0.191 e. The van der Waals surface area contributed by atoms with E-state index in [-0.39, 0.29) is 0 Å². The minimum atomic E-state index is 0.797. The van der Waals surface area contributed by atoms with Crippen molar-refractivity contribution in [3.05, 3.63) is 0 Å². The standard InChI is InChI=1S/C15H32N4/c1-4-11-17-15(16-5-2)18-12-13-19(3)14-9-7-6-8-10-14/h14H,4-13H2,1-3H3,(H2,16,17,18). The third-order valence-electron chi connectivity index (χ3n) is 3.79. The fraction of sp³-hybridized carbons (Fsp3) is 0.933. The Morgan fingerprint density at radius 3 is 2.53 bits per heavy atom. The Bertz CT molecular complexity index is 247. The summed E-state index contributed by atoms with van der Waals surface area (Å²) in [5, 5.41) is 6.71. The second-order valence-electron chi connectivity index (χ2n) is 5.46. The molecule has 1 fully saturated rings. The summed E-state index contributed by atoms with van der Waals surface area (Å²) in [7, 11) is 2.26. The van der Waals surface area contributed by atoms with E-state index in [0.717, 1.165) is 44.6 Å². The number of rotatable bonds is 7. The second kappa shape index (κ2) is 10.1. The highest BCUT2D eigenvalue weighted by Crippen LogP contribution is 2.21. The van der Waals surface area contributed by atoms with E-state index < -0.39 is 0 Å². The summed E-state index contributed by atoms with van der Waals surface area (Å²) in [5.41, 5.74) is 0. The van der Waals surface area contributed by atoms with Crippen LogP contribution in [0, 0.1) is 0 Å². The van der Waals surface area contributed by atoms with Crippen molar-refractivity contribution in [2.45, 2.75) is 58.4 Å². The predicted molar refractivity (Wildman–Crippen MR) is 83.8 cm³/mol. The molecule has 0 saturated heterocycles. The lowest BCUT2D eigenvalue weighted by atomic mass is 9.94. The first-order valence-corrected chi connectivity index (χ1v) is 8.00. The fourth-order valence-corrected chi connectivity index (χ4v) is 2.62. The molecule has 4 nitrogen and oxygen atoms in total. The van der Waals surface area contributed by atoms with Crippen molar-refractivity contribution in [3.63, 3.8) is 0 Å². The van der Waals surface area contributed by atoms with E-state index in [1.807, 2.05) is 0 Å². The zero-order valence-corrected chi connectivity index (χ0v) is 13.0. The van der Waals surface area contributed by atoms with Gasteiger partial charge in [0, 0.05) is 32.2 Å². The van der Waals surface area contributed by atoms with Crippen molar-refractivity contribution in [3.8, 4) is 0 Å². The fourth-order valence-electron chi connectivity index (χ4n) is 2.62. The second-order valence-corrected chi connectivity index (χ2v) is 5.46. The summed E-state index contributed by atoms with van der Waals surface area (Å²) in [6, 6.07) is 0.797. The van der Waals surface area contributed by atoms with Gasteiger partial charge in [0.15, 0.2) is 5.96 Å². The maximum absolute atomic E-state index is 4.52.